The van der Waals surface area contributed by atoms with Crippen LogP contribution >= 0.6 is 0 Å². The average molecular weight is 225 g/mol. The number of hydrogen-bond donors (Lipinski definition) is 2. The second-order valence-electron chi connectivity index (χ2n) is 4.24. The fourth-order valence-electron chi connectivity index (χ4n) is 2.25. The van der Waals surface area contributed by atoms with Gasteiger partial charge in [-0.15, -0.1) is 0 Å². The lowest BCUT2D eigenvalue weighted by atomic mass is 9.97. The molecule has 88 valence electrons. The summed E-state index contributed by atoms with van der Waals surface area (Å²) in [4.78, 5) is 7.66. The van der Waals surface area contributed by atoms with Crippen LogP contribution in [0.4, 0.5) is 10.3 Å². The number of halogens is 1. The molecule has 2 rings (SSSR count). The molecule has 0 aliphatic heterocycles. The Morgan fingerprint density at radius 3 is 2.69 bits per heavy atom. The average Bonchev–Trinajstić information content (AvgIpc) is 2.76. The van der Waals surface area contributed by atoms with Crippen molar-refractivity contribution < 1.29 is 9.50 Å². The predicted molar refractivity (Wildman–Crippen MR) is 58.4 cm³/mol. The van der Waals surface area contributed by atoms with Crippen LogP contribution in [0.25, 0.3) is 0 Å². The molecule has 2 unspecified atom stereocenters. The molecule has 0 saturated heterocycles. The Kier molecular flexibility index (Phi) is 3.66. The highest BCUT2D eigenvalue weighted by molar-refractivity contribution is 5.22. The van der Waals surface area contributed by atoms with Crippen molar-refractivity contribution in [3.63, 3.8) is 0 Å². The van der Waals surface area contributed by atoms with E-state index in [1.165, 1.54) is 6.42 Å². The molecule has 1 heterocycles. The first-order valence-corrected chi connectivity index (χ1v) is 5.62. The van der Waals surface area contributed by atoms with Gasteiger partial charge in [-0.1, -0.05) is 6.42 Å². The molecule has 1 aromatic heterocycles. The third-order valence-electron chi connectivity index (χ3n) is 3.19. The number of nitrogens with zero attached hydrogens (tertiary/aromatic N) is 2. The second kappa shape index (κ2) is 5.21. The van der Waals surface area contributed by atoms with Crippen LogP contribution < -0.4 is 5.32 Å². The first-order valence-electron chi connectivity index (χ1n) is 5.62. The molecule has 1 aliphatic rings. The van der Waals surface area contributed by atoms with Crippen LogP contribution in [0.3, 0.4) is 0 Å². The van der Waals surface area contributed by atoms with E-state index in [-0.39, 0.29) is 6.61 Å². The van der Waals surface area contributed by atoms with Gasteiger partial charge in [0.05, 0.1) is 12.4 Å². The lowest BCUT2D eigenvalue weighted by molar-refractivity contribution is 0.199. The van der Waals surface area contributed by atoms with Crippen LogP contribution in [-0.4, -0.2) is 28.2 Å². The van der Waals surface area contributed by atoms with E-state index in [9.17, 15) is 4.39 Å². The van der Waals surface area contributed by atoms with Crippen molar-refractivity contribution in [2.24, 2.45) is 11.8 Å². The Balaban J connectivity index is 1.85. The summed E-state index contributed by atoms with van der Waals surface area (Å²) in [6.45, 7) is 0.994. The number of aromatic nitrogens is 2. The molecular formula is C11H16FN3O. The molecule has 0 amide bonds. The molecule has 1 aliphatic carbocycles. The zero-order chi connectivity index (χ0) is 11.4. The summed E-state index contributed by atoms with van der Waals surface area (Å²) >= 11 is 0. The molecular weight excluding hydrogens is 209 g/mol. The highest BCUT2D eigenvalue weighted by Crippen LogP contribution is 2.31. The maximum Gasteiger partial charge on any atom is 0.222 e. The van der Waals surface area contributed by atoms with Crippen molar-refractivity contribution >= 4 is 5.95 Å². The number of aliphatic hydroxyl groups is 1. The maximum atomic E-state index is 12.6. The van der Waals surface area contributed by atoms with Gasteiger partial charge in [-0.2, -0.15) is 0 Å². The first kappa shape index (κ1) is 11.3. The zero-order valence-corrected chi connectivity index (χ0v) is 9.06. The van der Waals surface area contributed by atoms with E-state index in [2.05, 4.69) is 15.3 Å². The van der Waals surface area contributed by atoms with E-state index < -0.39 is 5.82 Å². The minimum absolute atomic E-state index is 0.247. The summed E-state index contributed by atoms with van der Waals surface area (Å²) < 4.78 is 12.6. The van der Waals surface area contributed by atoms with Crippen molar-refractivity contribution in [2.75, 3.05) is 18.5 Å². The van der Waals surface area contributed by atoms with Crippen LogP contribution in [-0.2, 0) is 0 Å². The van der Waals surface area contributed by atoms with E-state index in [4.69, 9.17) is 5.11 Å². The van der Waals surface area contributed by atoms with Gasteiger partial charge in [-0.25, -0.2) is 14.4 Å². The first-order chi connectivity index (χ1) is 7.79. The zero-order valence-electron chi connectivity index (χ0n) is 9.06. The van der Waals surface area contributed by atoms with Gasteiger partial charge in [0.15, 0.2) is 5.82 Å². The van der Waals surface area contributed by atoms with Gasteiger partial charge in [0, 0.05) is 13.2 Å². The van der Waals surface area contributed by atoms with Crippen molar-refractivity contribution in [2.45, 2.75) is 19.3 Å². The Morgan fingerprint density at radius 2 is 2.00 bits per heavy atom. The lowest BCUT2D eigenvalue weighted by Crippen LogP contribution is -2.21. The molecule has 0 radical (unpaired) electrons. The summed E-state index contributed by atoms with van der Waals surface area (Å²) in [5.41, 5.74) is 0. The smallest absolute Gasteiger partial charge is 0.222 e. The number of rotatable bonds is 4. The quantitative estimate of drug-likeness (QED) is 0.814. The molecule has 1 aromatic rings. The molecule has 5 heteroatoms. The summed E-state index contributed by atoms with van der Waals surface area (Å²) in [5, 5.41) is 12.2. The minimum Gasteiger partial charge on any atom is -0.396 e. The van der Waals surface area contributed by atoms with Crippen molar-refractivity contribution in [3.05, 3.63) is 18.2 Å². The van der Waals surface area contributed by atoms with E-state index in [0.29, 0.717) is 17.8 Å². The minimum atomic E-state index is -0.431. The van der Waals surface area contributed by atoms with Gasteiger partial charge < -0.3 is 10.4 Å². The fourth-order valence-corrected chi connectivity index (χ4v) is 2.25. The van der Waals surface area contributed by atoms with Crippen LogP contribution in [0, 0.1) is 17.7 Å². The fraction of sp³-hybridized carbons (Fsp3) is 0.636. The van der Waals surface area contributed by atoms with Crippen molar-refractivity contribution in [1.82, 2.24) is 9.97 Å². The maximum absolute atomic E-state index is 12.6. The van der Waals surface area contributed by atoms with Crippen LogP contribution in [0.2, 0.25) is 0 Å². The molecule has 16 heavy (non-hydrogen) atoms. The molecule has 0 spiro atoms. The Labute approximate surface area is 93.9 Å². The summed E-state index contributed by atoms with van der Waals surface area (Å²) in [7, 11) is 0. The highest BCUT2D eigenvalue weighted by atomic mass is 19.1. The van der Waals surface area contributed by atoms with Gasteiger partial charge in [0.1, 0.15) is 0 Å². The molecule has 2 N–H and O–H groups in total. The van der Waals surface area contributed by atoms with E-state index >= 15 is 0 Å². The van der Waals surface area contributed by atoms with Gasteiger partial charge >= 0.3 is 0 Å². The largest absolute Gasteiger partial charge is 0.396 e. The summed E-state index contributed by atoms with van der Waals surface area (Å²) in [5.74, 6) is 0.872. The molecule has 2 atom stereocenters. The Bertz CT molecular complexity index is 331. The second-order valence-corrected chi connectivity index (χ2v) is 4.24. The molecule has 0 aromatic carbocycles. The van der Waals surface area contributed by atoms with Gasteiger partial charge in [0.2, 0.25) is 5.95 Å². The SMILES string of the molecule is OCC1CCCC1CNc1ncc(F)cn1. The molecule has 0 bridgehead atoms. The molecule has 1 fully saturated rings. The Hall–Kier alpha value is -1.23. The topological polar surface area (TPSA) is 58.0 Å². The standard InChI is InChI=1S/C11H16FN3O/c12-10-5-14-11(15-6-10)13-4-8-2-1-3-9(8)7-16/h5-6,8-9,16H,1-4,7H2,(H,13,14,15). The van der Waals surface area contributed by atoms with E-state index in [0.717, 1.165) is 31.8 Å². The van der Waals surface area contributed by atoms with Crippen molar-refractivity contribution in [3.8, 4) is 0 Å². The summed E-state index contributed by atoms with van der Waals surface area (Å²) in [6, 6.07) is 0. The molecule has 4 nitrogen and oxygen atoms in total. The Morgan fingerprint density at radius 1 is 1.31 bits per heavy atom. The highest BCUT2D eigenvalue weighted by Gasteiger charge is 2.26. The summed E-state index contributed by atoms with van der Waals surface area (Å²) in [6.07, 6.45) is 5.68. The van der Waals surface area contributed by atoms with Gasteiger partial charge in [-0.3, -0.25) is 0 Å². The van der Waals surface area contributed by atoms with Crippen LogP contribution in [0.5, 0.6) is 0 Å². The third-order valence-corrected chi connectivity index (χ3v) is 3.19. The van der Waals surface area contributed by atoms with Crippen LogP contribution in [0.1, 0.15) is 19.3 Å². The predicted octanol–water partition coefficient (Wildman–Crippen LogP) is 1.44. The number of nitrogens with one attached hydrogen (secondary N) is 1. The number of hydrogen-bond acceptors (Lipinski definition) is 4. The normalized spacial score (nSPS) is 24.6. The van der Waals surface area contributed by atoms with Crippen molar-refractivity contribution in [1.29, 1.82) is 0 Å². The number of aliphatic hydroxyl groups excluding tert-OH is 1. The van der Waals surface area contributed by atoms with Crippen LogP contribution in [0.15, 0.2) is 12.4 Å². The van der Waals surface area contributed by atoms with E-state index in [1.807, 2.05) is 0 Å². The van der Waals surface area contributed by atoms with E-state index in [1.54, 1.807) is 0 Å². The van der Waals surface area contributed by atoms with Gasteiger partial charge in [-0.05, 0) is 24.7 Å². The third kappa shape index (κ3) is 2.66. The molecule has 1 saturated carbocycles. The monoisotopic (exact) mass is 225 g/mol. The number of anilines is 1. The lowest BCUT2D eigenvalue weighted by Gasteiger charge is -2.17. The van der Waals surface area contributed by atoms with Gasteiger partial charge in [0.25, 0.3) is 0 Å².